The highest BCUT2D eigenvalue weighted by Gasteiger charge is 2.28. The number of aryl methyl sites for hydroxylation is 1. The molecule has 1 atom stereocenters. The summed E-state index contributed by atoms with van der Waals surface area (Å²) in [6, 6.07) is 7.83. The molecule has 0 bridgehead atoms. The van der Waals surface area contributed by atoms with E-state index in [1.165, 1.54) is 0 Å². The van der Waals surface area contributed by atoms with Crippen molar-refractivity contribution in [2.24, 2.45) is 7.05 Å². The lowest BCUT2D eigenvalue weighted by Crippen LogP contribution is -2.21. The number of rotatable bonds is 1. The van der Waals surface area contributed by atoms with Gasteiger partial charge in [-0.3, -0.25) is 4.79 Å². The zero-order valence-electron chi connectivity index (χ0n) is 10.6. The first kappa shape index (κ1) is 11.1. The highest BCUT2D eigenvalue weighted by molar-refractivity contribution is 5.87. The number of aromatic nitrogens is 1. The van der Waals surface area contributed by atoms with Gasteiger partial charge in [0.1, 0.15) is 11.9 Å². The van der Waals surface area contributed by atoms with E-state index in [0.29, 0.717) is 6.42 Å². The van der Waals surface area contributed by atoms with E-state index in [0.717, 1.165) is 27.8 Å². The molecule has 3 rings (SSSR count). The smallest absolute Gasteiger partial charge is 0.257 e. The lowest BCUT2D eigenvalue weighted by molar-refractivity contribution is 0.273. The number of nitrogens with zero attached hydrogens (tertiary/aromatic N) is 1. The van der Waals surface area contributed by atoms with Crippen molar-refractivity contribution in [3.05, 3.63) is 52.3 Å². The molecule has 1 aromatic carbocycles. The second kappa shape index (κ2) is 3.73. The molecule has 0 spiro atoms. The molecule has 92 valence electrons. The summed E-state index contributed by atoms with van der Waals surface area (Å²) in [5, 5.41) is 0.998. The zero-order valence-corrected chi connectivity index (χ0v) is 10.6. The number of benzene rings is 1. The average Bonchev–Trinajstić information content (AvgIpc) is 2.81. The van der Waals surface area contributed by atoms with E-state index in [4.69, 9.17) is 4.74 Å². The lowest BCUT2D eigenvalue weighted by atomic mass is 10.1. The van der Waals surface area contributed by atoms with Crippen molar-refractivity contribution in [3.8, 4) is 5.75 Å². The van der Waals surface area contributed by atoms with Crippen LogP contribution >= 0.6 is 0 Å². The Morgan fingerprint density at radius 2 is 2.17 bits per heavy atom. The molecule has 3 nitrogen and oxygen atoms in total. The van der Waals surface area contributed by atoms with Gasteiger partial charge in [-0.25, -0.2) is 0 Å². The number of ether oxygens (including phenoxy) is 1. The van der Waals surface area contributed by atoms with Crippen molar-refractivity contribution < 1.29 is 4.74 Å². The Labute approximate surface area is 105 Å². The standard InChI is InChI=1S/C15H15NO2/c1-9(2)13-8-11-14(18-13)10-6-4-5-7-12(10)16(3)15(11)17/h4-7,13H,1,8H2,2-3H3/t13-/m1/s1. The van der Waals surface area contributed by atoms with Gasteiger partial charge in [0.2, 0.25) is 0 Å². The van der Waals surface area contributed by atoms with Crippen LogP contribution in [0.25, 0.3) is 10.9 Å². The highest BCUT2D eigenvalue weighted by atomic mass is 16.5. The molecule has 0 radical (unpaired) electrons. The third-order valence-corrected chi connectivity index (χ3v) is 3.55. The Morgan fingerprint density at radius 3 is 2.89 bits per heavy atom. The van der Waals surface area contributed by atoms with E-state index < -0.39 is 0 Å². The van der Waals surface area contributed by atoms with Crippen LogP contribution in [0.1, 0.15) is 12.5 Å². The molecule has 1 aromatic heterocycles. The molecule has 0 aliphatic carbocycles. The van der Waals surface area contributed by atoms with E-state index in [1.807, 2.05) is 31.2 Å². The normalized spacial score (nSPS) is 17.6. The fourth-order valence-corrected chi connectivity index (χ4v) is 2.49. The quantitative estimate of drug-likeness (QED) is 0.718. The molecule has 2 heterocycles. The number of fused-ring (bicyclic) bond motifs is 3. The van der Waals surface area contributed by atoms with Crippen LogP contribution in [0.4, 0.5) is 0 Å². The minimum Gasteiger partial charge on any atom is -0.485 e. The monoisotopic (exact) mass is 241 g/mol. The first-order chi connectivity index (χ1) is 8.59. The summed E-state index contributed by atoms with van der Waals surface area (Å²) >= 11 is 0. The first-order valence-electron chi connectivity index (χ1n) is 6.02. The molecule has 2 aromatic rings. The second-order valence-electron chi connectivity index (χ2n) is 4.85. The Balaban J connectivity index is 2.34. The van der Waals surface area contributed by atoms with Gasteiger partial charge in [0.15, 0.2) is 0 Å². The van der Waals surface area contributed by atoms with Crippen molar-refractivity contribution in [2.45, 2.75) is 19.4 Å². The number of para-hydroxylation sites is 1. The van der Waals surface area contributed by atoms with Crippen LogP contribution in [0.2, 0.25) is 0 Å². The topological polar surface area (TPSA) is 31.2 Å². The third-order valence-electron chi connectivity index (χ3n) is 3.55. The Kier molecular flexibility index (Phi) is 2.30. The summed E-state index contributed by atoms with van der Waals surface area (Å²) in [5.41, 5.74) is 2.66. The second-order valence-corrected chi connectivity index (χ2v) is 4.85. The summed E-state index contributed by atoms with van der Waals surface area (Å²) in [6.07, 6.45) is 0.556. The van der Waals surface area contributed by atoms with Crippen LogP contribution in [0.3, 0.4) is 0 Å². The van der Waals surface area contributed by atoms with Gasteiger partial charge in [-0.05, 0) is 24.6 Å². The lowest BCUT2D eigenvalue weighted by Gasteiger charge is -2.11. The van der Waals surface area contributed by atoms with Crippen molar-refractivity contribution in [1.29, 1.82) is 0 Å². The van der Waals surface area contributed by atoms with Crippen LogP contribution in [-0.4, -0.2) is 10.7 Å². The zero-order chi connectivity index (χ0) is 12.9. The number of hydrogen-bond acceptors (Lipinski definition) is 2. The molecular formula is C15H15NO2. The molecule has 0 amide bonds. The first-order valence-corrected chi connectivity index (χ1v) is 6.02. The van der Waals surface area contributed by atoms with Gasteiger partial charge in [-0.2, -0.15) is 0 Å². The minimum atomic E-state index is -0.0708. The van der Waals surface area contributed by atoms with Crippen molar-refractivity contribution in [2.75, 3.05) is 0 Å². The van der Waals surface area contributed by atoms with Gasteiger partial charge in [0.25, 0.3) is 5.56 Å². The van der Waals surface area contributed by atoms with Gasteiger partial charge in [0, 0.05) is 18.9 Å². The number of pyridine rings is 1. The van der Waals surface area contributed by atoms with Gasteiger partial charge >= 0.3 is 0 Å². The van der Waals surface area contributed by atoms with E-state index >= 15 is 0 Å². The summed E-state index contributed by atoms with van der Waals surface area (Å²) < 4.78 is 7.60. The van der Waals surface area contributed by atoms with Gasteiger partial charge in [-0.15, -0.1) is 0 Å². The fourth-order valence-electron chi connectivity index (χ4n) is 2.49. The predicted octanol–water partition coefficient (Wildman–Crippen LogP) is 2.42. The van der Waals surface area contributed by atoms with Crippen molar-refractivity contribution >= 4 is 10.9 Å². The van der Waals surface area contributed by atoms with E-state index in [1.54, 1.807) is 11.6 Å². The molecule has 18 heavy (non-hydrogen) atoms. The largest absolute Gasteiger partial charge is 0.485 e. The Hall–Kier alpha value is -2.03. The summed E-state index contributed by atoms with van der Waals surface area (Å²) in [5.74, 6) is 0.738. The Morgan fingerprint density at radius 1 is 1.44 bits per heavy atom. The third kappa shape index (κ3) is 1.40. The van der Waals surface area contributed by atoms with Crippen molar-refractivity contribution in [3.63, 3.8) is 0 Å². The molecule has 0 unspecified atom stereocenters. The molecule has 1 aliphatic heterocycles. The van der Waals surface area contributed by atoms with Crippen LogP contribution in [0.15, 0.2) is 41.2 Å². The van der Waals surface area contributed by atoms with Gasteiger partial charge < -0.3 is 9.30 Å². The predicted molar refractivity (Wildman–Crippen MR) is 72.1 cm³/mol. The maximum absolute atomic E-state index is 12.3. The van der Waals surface area contributed by atoms with Gasteiger partial charge in [0.05, 0.1) is 11.1 Å². The molecular weight excluding hydrogens is 226 g/mol. The molecule has 3 heteroatoms. The molecule has 0 N–H and O–H groups in total. The average molecular weight is 241 g/mol. The minimum absolute atomic E-state index is 0.0347. The summed E-state index contributed by atoms with van der Waals surface area (Å²) in [6.45, 7) is 5.85. The highest BCUT2D eigenvalue weighted by Crippen LogP contribution is 2.35. The Bertz CT molecular complexity index is 712. The van der Waals surface area contributed by atoms with Gasteiger partial charge in [-0.1, -0.05) is 18.7 Å². The molecule has 1 aliphatic rings. The summed E-state index contributed by atoms with van der Waals surface area (Å²) in [4.78, 5) is 12.3. The number of hydrogen-bond donors (Lipinski definition) is 0. The molecule has 0 saturated carbocycles. The maximum atomic E-state index is 12.3. The van der Waals surface area contributed by atoms with E-state index in [-0.39, 0.29) is 11.7 Å². The molecule has 0 saturated heterocycles. The summed E-state index contributed by atoms with van der Waals surface area (Å²) in [7, 11) is 1.80. The van der Waals surface area contributed by atoms with Crippen molar-refractivity contribution in [1.82, 2.24) is 4.57 Å². The maximum Gasteiger partial charge on any atom is 0.257 e. The molecule has 0 fully saturated rings. The van der Waals surface area contributed by atoms with Crippen LogP contribution in [0.5, 0.6) is 5.75 Å². The van der Waals surface area contributed by atoms with Crippen LogP contribution in [0, 0.1) is 0 Å². The van der Waals surface area contributed by atoms with Crippen LogP contribution in [-0.2, 0) is 13.5 Å². The van der Waals surface area contributed by atoms with E-state index in [2.05, 4.69) is 6.58 Å². The SMILES string of the molecule is C=C(C)[C@H]1Cc2c(c3ccccc3n(C)c2=O)O1. The fraction of sp³-hybridized carbons (Fsp3) is 0.267. The van der Waals surface area contributed by atoms with E-state index in [9.17, 15) is 4.79 Å². The van der Waals surface area contributed by atoms with Crippen LogP contribution < -0.4 is 10.3 Å².